The van der Waals surface area contributed by atoms with E-state index in [0.717, 1.165) is 18.4 Å². The van der Waals surface area contributed by atoms with E-state index in [2.05, 4.69) is 4.74 Å². The van der Waals surface area contributed by atoms with Gasteiger partial charge in [-0.1, -0.05) is 30.3 Å². The number of hydrogen-bond donors (Lipinski definition) is 0. The van der Waals surface area contributed by atoms with Crippen LogP contribution in [0.2, 0.25) is 0 Å². The van der Waals surface area contributed by atoms with Crippen LogP contribution in [0.3, 0.4) is 0 Å². The van der Waals surface area contributed by atoms with E-state index < -0.39 is 12.3 Å². The van der Waals surface area contributed by atoms with Crippen LogP contribution in [0, 0.1) is 11.3 Å². The Kier molecular flexibility index (Phi) is 8.65. The van der Waals surface area contributed by atoms with Crippen LogP contribution >= 0.6 is 0 Å². The molecular weight excluding hydrogens is 270 g/mol. The molecule has 21 heavy (non-hydrogen) atoms. The molecule has 1 aromatic carbocycles. The molecule has 1 aromatic rings. The molecule has 0 N–H and O–H groups in total. The Labute approximate surface area is 125 Å². The van der Waals surface area contributed by atoms with E-state index in [0.29, 0.717) is 19.6 Å². The van der Waals surface area contributed by atoms with Gasteiger partial charge in [-0.05, 0) is 31.7 Å². The van der Waals surface area contributed by atoms with Crippen LogP contribution < -0.4 is 0 Å². The van der Waals surface area contributed by atoms with E-state index in [9.17, 15) is 4.79 Å². The predicted molar refractivity (Wildman–Crippen MR) is 77.5 cm³/mol. The number of ether oxygens (including phenoxy) is 3. The van der Waals surface area contributed by atoms with Crippen molar-refractivity contribution in [3.63, 3.8) is 0 Å². The van der Waals surface area contributed by atoms with Crippen molar-refractivity contribution in [2.75, 3.05) is 13.2 Å². The highest BCUT2D eigenvalue weighted by molar-refractivity contribution is 5.60. The van der Waals surface area contributed by atoms with Gasteiger partial charge in [0.2, 0.25) is 0 Å². The lowest BCUT2D eigenvalue weighted by atomic mass is 10.2. The molecule has 0 aliphatic carbocycles. The molecule has 1 atom stereocenters. The standard InChI is InChI=1S/C16H21NO4/c1-2-20-16(18)21-15(12-17)10-6-7-11-19-13-14-8-4-3-5-9-14/h3-5,8-9,15H,2,6-7,10-11,13H2,1H3. The summed E-state index contributed by atoms with van der Waals surface area (Å²) in [7, 11) is 0. The minimum atomic E-state index is -0.788. The van der Waals surface area contributed by atoms with Crippen molar-refractivity contribution < 1.29 is 19.0 Å². The topological polar surface area (TPSA) is 68.5 Å². The van der Waals surface area contributed by atoms with Crippen molar-refractivity contribution in [1.82, 2.24) is 0 Å². The monoisotopic (exact) mass is 291 g/mol. The highest BCUT2D eigenvalue weighted by Crippen LogP contribution is 2.07. The third-order valence-corrected chi connectivity index (χ3v) is 2.76. The van der Waals surface area contributed by atoms with Gasteiger partial charge in [0.05, 0.1) is 13.2 Å². The molecule has 0 fully saturated rings. The molecular formula is C16H21NO4. The van der Waals surface area contributed by atoms with Crippen LogP contribution in [0.4, 0.5) is 4.79 Å². The Balaban J connectivity index is 2.07. The molecule has 0 saturated carbocycles. The van der Waals surface area contributed by atoms with Gasteiger partial charge in [-0.3, -0.25) is 0 Å². The highest BCUT2D eigenvalue weighted by Gasteiger charge is 2.13. The second-order valence-corrected chi connectivity index (χ2v) is 4.45. The zero-order chi connectivity index (χ0) is 15.3. The SMILES string of the molecule is CCOC(=O)OC(C#N)CCCCOCc1ccccc1. The van der Waals surface area contributed by atoms with Gasteiger partial charge in [0.25, 0.3) is 0 Å². The molecule has 0 aromatic heterocycles. The van der Waals surface area contributed by atoms with Gasteiger partial charge < -0.3 is 14.2 Å². The number of benzene rings is 1. The van der Waals surface area contributed by atoms with Crippen LogP contribution in [0.5, 0.6) is 0 Å². The molecule has 1 rings (SSSR count). The smallest absolute Gasteiger partial charge is 0.435 e. The lowest BCUT2D eigenvalue weighted by molar-refractivity contribution is 0.0386. The summed E-state index contributed by atoms with van der Waals surface area (Å²) in [6, 6.07) is 11.9. The van der Waals surface area contributed by atoms with E-state index >= 15 is 0 Å². The van der Waals surface area contributed by atoms with Crippen LogP contribution in [0.15, 0.2) is 30.3 Å². The zero-order valence-electron chi connectivity index (χ0n) is 12.3. The normalized spacial score (nSPS) is 11.4. The van der Waals surface area contributed by atoms with Crippen molar-refractivity contribution in [2.45, 2.75) is 38.9 Å². The van der Waals surface area contributed by atoms with E-state index in [4.69, 9.17) is 14.7 Å². The Morgan fingerprint density at radius 3 is 2.71 bits per heavy atom. The second-order valence-electron chi connectivity index (χ2n) is 4.45. The minimum Gasteiger partial charge on any atom is -0.435 e. The summed E-state index contributed by atoms with van der Waals surface area (Å²) in [5, 5.41) is 8.88. The number of carbonyl (C=O) groups excluding carboxylic acids is 1. The number of rotatable bonds is 9. The van der Waals surface area contributed by atoms with Crippen LogP contribution in [0.25, 0.3) is 0 Å². The average molecular weight is 291 g/mol. The molecule has 5 nitrogen and oxygen atoms in total. The lowest BCUT2D eigenvalue weighted by Crippen LogP contribution is -2.17. The van der Waals surface area contributed by atoms with Gasteiger partial charge in [-0.25, -0.2) is 4.79 Å². The molecule has 1 unspecified atom stereocenters. The molecule has 0 saturated heterocycles. The van der Waals surface area contributed by atoms with Gasteiger partial charge in [0.1, 0.15) is 6.07 Å². The average Bonchev–Trinajstić information content (AvgIpc) is 2.50. The molecule has 0 spiro atoms. The maximum atomic E-state index is 11.1. The number of hydrogen-bond acceptors (Lipinski definition) is 5. The van der Waals surface area contributed by atoms with Crippen molar-refractivity contribution in [3.8, 4) is 6.07 Å². The summed E-state index contributed by atoms with van der Waals surface area (Å²) in [5.74, 6) is 0. The number of nitriles is 1. The predicted octanol–water partition coefficient (Wildman–Crippen LogP) is 3.44. The first-order valence-electron chi connectivity index (χ1n) is 7.11. The van der Waals surface area contributed by atoms with Crippen LogP contribution in [0.1, 0.15) is 31.7 Å². The summed E-state index contributed by atoms with van der Waals surface area (Å²) in [6.45, 7) is 3.13. The first-order chi connectivity index (χ1) is 10.3. The Bertz CT molecular complexity index is 441. The Morgan fingerprint density at radius 2 is 2.05 bits per heavy atom. The van der Waals surface area contributed by atoms with Gasteiger partial charge in [-0.15, -0.1) is 0 Å². The molecule has 0 aliphatic heterocycles. The van der Waals surface area contributed by atoms with Gasteiger partial charge in [0, 0.05) is 6.61 Å². The molecule has 0 bridgehead atoms. The fourth-order valence-electron chi connectivity index (χ4n) is 1.72. The molecule has 0 aliphatic rings. The first kappa shape index (κ1) is 17.0. The molecule has 114 valence electrons. The van der Waals surface area contributed by atoms with E-state index in [1.807, 2.05) is 36.4 Å². The zero-order valence-corrected chi connectivity index (χ0v) is 12.3. The summed E-state index contributed by atoms with van der Waals surface area (Å²) in [4.78, 5) is 11.1. The Morgan fingerprint density at radius 1 is 1.29 bits per heavy atom. The summed E-state index contributed by atoms with van der Waals surface area (Å²) >= 11 is 0. The van der Waals surface area contributed by atoms with Crippen LogP contribution in [-0.2, 0) is 20.8 Å². The summed E-state index contributed by atoms with van der Waals surface area (Å²) in [5.41, 5.74) is 1.14. The van der Waals surface area contributed by atoms with E-state index in [1.165, 1.54) is 0 Å². The Hall–Kier alpha value is -2.06. The van der Waals surface area contributed by atoms with Gasteiger partial charge in [0.15, 0.2) is 6.10 Å². The lowest BCUT2D eigenvalue weighted by Gasteiger charge is -2.10. The molecule has 5 heteroatoms. The number of carbonyl (C=O) groups is 1. The van der Waals surface area contributed by atoms with Crippen molar-refractivity contribution in [3.05, 3.63) is 35.9 Å². The number of unbranched alkanes of at least 4 members (excludes halogenated alkanes) is 1. The first-order valence-corrected chi connectivity index (χ1v) is 7.11. The summed E-state index contributed by atoms with van der Waals surface area (Å²) in [6.07, 6.45) is 0.524. The maximum Gasteiger partial charge on any atom is 0.509 e. The number of nitrogens with zero attached hydrogens (tertiary/aromatic N) is 1. The fraction of sp³-hybridized carbons (Fsp3) is 0.500. The minimum absolute atomic E-state index is 0.240. The van der Waals surface area contributed by atoms with E-state index in [-0.39, 0.29) is 6.61 Å². The highest BCUT2D eigenvalue weighted by atomic mass is 16.7. The second kappa shape index (κ2) is 10.7. The fourth-order valence-corrected chi connectivity index (χ4v) is 1.72. The van der Waals surface area contributed by atoms with E-state index in [1.54, 1.807) is 6.92 Å². The van der Waals surface area contributed by atoms with Crippen molar-refractivity contribution >= 4 is 6.16 Å². The largest absolute Gasteiger partial charge is 0.509 e. The van der Waals surface area contributed by atoms with Crippen LogP contribution in [-0.4, -0.2) is 25.5 Å². The van der Waals surface area contributed by atoms with Gasteiger partial charge >= 0.3 is 6.16 Å². The third kappa shape index (κ3) is 7.95. The third-order valence-electron chi connectivity index (χ3n) is 2.76. The van der Waals surface area contributed by atoms with Gasteiger partial charge in [-0.2, -0.15) is 5.26 Å². The van der Waals surface area contributed by atoms with Crippen molar-refractivity contribution in [2.24, 2.45) is 0 Å². The maximum absolute atomic E-state index is 11.1. The molecule has 0 radical (unpaired) electrons. The quantitative estimate of drug-likeness (QED) is 0.515. The molecule has 0 heterocycles. The molecule has 0 amide bonds. The summed E-state index contributed by atoms with van der Waals surface area (Å²) < 4.78 is 15.0. The van der Waals surface area contributed by atoms with Crippen molar-refractivity contribution in [1.29, 1.82) is 5.26 Å².